The summed E-state index contributed by atoms with van der Waals surface area (Å²) in [6.45, 7) is 4.73. The maximum atomic E-state index is 10.4. The van der Waals surface area contributed by atoms with E-state index in [1.807, 2.05) is 0 Å². The zero-order valence-corrected chi connectivity index (χ0v) is 8.98. The second-order valence-electron chi connectivity index (χ2n) is 4.02. The van der Waals surface area contributed by atoms with E-state index in [1.54, 1.807) is 0 Å². The largest absolute Gasteiger partial charge is 0.502 e. The molecule has 15 heavy (non-hydrogen) atoms. The summed E-state index contributed by atoms with van der Waals surface area (Å²) in [5.41, 5.74) is 4.91. The van der Waals surface area contributed by atoms with E-state index in [9.17, 15) is 4.79 Å². The molecule has 0 aromatic heterocycles. The van der Waals surface area contributed by atoms with Crippen LogP contribution in [-0.2, 0) is 9.47 Å². The van der Waals surface area contributed by atoms with E-state index in [0.717, 1.165) is 32.3 Å². The third-order valence-electron chi connectivity index (χ3n) is 2.88. The van der Waals surface area contributed by atoms with Gasteiger partial charge >= 0.3 is 6.09 Å². The molecule has 1 rings (SSSR count). The Hall–Kier alpha value is -1.19. The number of primary amides is 1. The summed E-state index contributed by atoms with van der Waals surface area (Å²) in [6, 6.07) is 0. The molecule has 0 spiro atoms. The van der Waals surface area contributed by atoms with Gasteiger partial charge in [-0.1, -0.05) is 6.58 Å². The van der Waals surface area contributed by atoms with Crippen LogP contribution in [-0.4, -0.2) is 19.3 Å². The molecule has 1 amide bonds. The van der Waals surface area contributed by atoms with Crippen LogP contribution in [0.25, 0.3) is 0 Å². The maximum Gasteiger partial charge on any atom is 0.404 e. The van der Waals surface area contributed by atoms with Crippen molar-refractivity contribution in [2.24, 2.45) is 17.6 Å². The Morgan fingerprint density at radius 1 is 1.27 bits per heavy atom. The fourth-order valence-electron chi connectivity index (χ4n) is 1.97. The van der Waals surface area contributed by atoms with Gasteiger partial charge in [-0.25, -0.2) is 4.79 Å². The first-order chi connectivity index (χ1) is 7.22. The van der Waals surface area contributed by atoms with Crippen LogP contribution in [0.15, 0.2) is 12.8 Å². The summed E-state index contributed by atoms with van der Waals surface area (Å²) in [6.07, 6.45) is 5.23. The molecule has 1 aliphatic carbocycles. The van der Waals surface area contributed by atoms with Gasteiger partial charge in [-0.15, -0.1) is 0 Å². The number of hydrogen-bond donors (Lipinski definition) is 1. The van der Waals surface area contributed by atoms with Crippen molar-refractivity contribution in [3.63, 3.8) is 0 Å². The molecule has 2 N–H and O–H groups in total. The van der Waals surface area contributed by atoms with Gasteiger partial charge in [0.25, 0.3) is 0 Å². The Labute approximate surface area is 90.4 Å². The second-order valence-corrected chi connectivity index (χ2v) is 4.02. The number of rotatable bonds is 5. The van der Waals surface area contributed by atoms with Crippen LogP contribution in [0, 0.1) is 11.8 Å². The summed E-state index contributed by atoms with van der Waals surface area (Å²) in [7, 11) is 0. The smallest absolute Gasteiger partial charge is 0.404 e. The predicted octanol–water partition coefficient (Wildman–Crippen LogP) is 2.05. The van der Waals surface area contributed by atoms with Crippen molar-refractivity contribution in [3.8, 4) is 0 Å². The average Bonchev–Trinajstić information content (AvgIpc) is 2.25. The first kappa shape index (κ1) is 11.9. The van der Waals surface area contributed by atoms with Gasteiger partial charge in [0, 0.05) is 0 Å². The Morgan fingerprint density at radius 2 is 1.80 bits per heavy atom. The molecule has 4 nitrogen and oxygen atoms in total. The van der Waals surface area contributed by atoms with Gasteiger partial charge in [-0.2, -0.15) is 0 Å². The Bertz CT molecular complexity index is 210. The summed E-state index contributed by atoms with van der Waals surface area (Å²) in [4.78, 5) is 10.4. The fraction of sp³-hybridized carbons (Fsp3) is 0.727. The minimum Gasteiger partial charge on any atom is -0.502 e. The van der Waals surface area contributed by atoms with Crippen LogP contribution >= 0.6 is 0 Å². The molecule has 0 saturated heterocycles. The quantitative estimate of drug-likeness (QED) is 0.711. The van der Waals surface area contributed by atoms with Gasteiger partial charge < -0.3 is 15.2 Å². The van der Waals surface area contributed by atoms with E-state index in [0.29, 0.717) is 18.4 Å². The van der Waals surface area contributed by atoms with Gasteiger partial charge in [0.15, 0.2) is 0 Å². The summed E-state index contributed by atoms with van der Waals surface area (Å²) in [5, 5.41) is 0. The van der Waals surface area contributed by atoms with Crippen molar-refractivity contribution in [3.05, 3.63) is 12.8 Å². The highest BCUT2D eigenvalue weighted by Crippen LogP contribution is 2.29. The predicted molar refractivity (Wildman–Crippen MR) is 57.1 cm³/mol. The molecule has 86 valence electrons. The first-order valence-corrected chi connectivity index (χ1v) is 5.37. The molecule has 0 bridgehead atoms. The first-order valence-electron chi connectivity index (χ1n) is 5.37. The van der Waals surface area contributed by atoms with Gasteiger partial charge in [0.05, 0.1) is 19.5 Å². The standard InChI is InChI=1S/C11H19NO3/c1-2-14-7-9-3-5-10(6-4-9)8-15-11(12)13/h2,9-10H,1,3-8H2,(H2,12,13). The molecule has 1 fully saturated rings. The molecule has 0 atom stereocenters. The molecule has 4 heteroatoms. The molecule has 0 aliphatic heterocycles. The normalized spacial score (nSPS) is 25.6. The SMILES string of the molecule is C=COCC1CCC(COC(N)=O)CC1. The van der Waals surface area contributed by atoms with Crippen molar-refractivity contribution in [2.45, 2.75) is 25.7 Å². The Balaban J connectivity index is 2.12. The summed E-state index contributed by atoms with van der Waals surface area (Å²) in [5.74, 6) is 1.09. The van der Waals surface area contributed by atoms with E-state index in [-0.39, 0.29) is 0 Å². The van der Waals surface area contributed by atoms with Crippen molar-refractivity contribution < 1.29 is 14.3 Å². The van der Waals surface area contributed by atoms with Crippen LogP contribution in [0.1, 0.15) is 25.7 Å². The van der Waals surface area contributed by atoms with Crippen molar-refractivity contribution in [2.75, 3.05) is 13.2 Å². The molecule has 0 unspecified atom stereocenters. The zero-order valence-electron chi connectivity index (χ0n) is 8.98. The lowest BCUT2D eigenvalue weighted by Crippen LogP contribution is -2.24. The highest BCUT2D eigenvalue weighted by Gasteiger charge is 2.22. The molecular formula is C11H19NO3. The minimum atomic E-state index is -0.674. The van der Waals surface area contributed by atoms with Crippen LogP contribution in [0.3, 0.4) is 0 Å². The van der Waals surface area contributed by atoms with Crippen LogP contribution < -0.4 is 5.73 Å². The van der Waals surface area contributed by atoms with E-state index < -0.39 is 6.09 Å². The molecule has 0 heterocycles. The van der Waals surface area contributed by atoms with Gasteiger partial charge in [-0.3, -0.25) is 0 Å². The number of amides is 1. The lowest BCUT2D eigenvalue weighted by atomic mass is 9.83. The highest BCUT2D eigenvalue weighted by atomic mass is 16.5. The molecule has 0 aromatic carbocycles. The molecular weight excluding hydrogens is 194 g/mol. The third-order valence-corrected chi connectivity index (χ3v) is 2.88. The molecule has 0 radical (unpaired) electrons. The van der Waals surface area contributed by atoms with Crippen LogP contribution in [0.5, 0.6) is 0 Å². The van der Waals surface area contributed by atoms with Crippen molar-refractivity contribution in [1.29, 1.82) is 0 Å². The topological polar surface area (TPSA) is 61.6 Å². The number of ether oxygens (including phenoxy) is 2. The number of hydrogen-bond acceptors (Lipinski definition) is 3. The maximum absolute atomic E-state index is 10.4. The van der Waals surface area contributed by atoms with Gasteiger partial charge in [-0.05, 0) is 37.5 Å². The van der Waals surface area contributed by atoms with E-state index >= 15 is 0 Å². The molecule has 1 saturated carbocycles. The lowest BCUT2D eigenvalue weighted by Gasteiger charge is -2.27. The Kier molecular flexibility index (Phi) is 5.01. The van der Waals surface area contributed by atoms with E-state index in [1.165, 1.54) is 6.26 Å². The van der Waals surface area contributed by atoms with Crippen LogP contribution in [0.2, 0.25) is 0 Å². The van der Waals surface area contributed by atoms with Crippen molar-refractivity contribution >= 4 is 6.09 Å². The molecule has 1 aliphatic rings. The molecule has 0 aromatic rings. The fourth-order valence-corrected chi connectivity index (χ4v) is 1.97. The lowest BCUT2D eigenvalue weighted by molar-refractivity contribution is 0.100. The van der Waals surface area contributed by atoms with Crippen LogP contribution in [0.4, 0.5) is 4.79 Å². The summed E-state index contributed by atoms with van der Waals surface area (Å²) >= 11 is 0. The third kappa shape index (κ3) is 4.72. The minimum absolute atomic E-state index is 0.463. The number of carbonyl (C=O) groups excluding carboxylic acids is 1. The monoisotopic (exact) mass is 213 g/mol. The van der Waals surface area contributed by atoms with E-state index in [2.05, 4.69) is 6.58 Å². The zero-order chi connectivity index (χ0) is 11.1. The number of nitrogens with two attached hydrogens (primary N) is 1. The second kappa shape index (κ2) is 6.32. The average molecular weight is 213 g/mol. The number of carbonyl (C=O) groups is 1. The van der Waals surface area contributed by atoms with Gasteiger partial charge in [0.1, 0.15) is 0 Å². The summed E-state index contributed by atoms with van der Waals surface area (Å²) < 4.78 is 9.95. The van der Waals surface area contributed by atoms with Gasteiger partial charge in [0.2, 0.25) is 0 Å². The highest BCUT2D eigenvalue weighted by molar-refractivity contribution is 5.64. The van der Waals surface area contributed by atoms with Crippen molar-refractivity contribution in [1.82, 2.24) is 0 Å². The Morgan fingerprint density at radius 3 is 2.27 bits per heavy atom. The van der Waals surface area contributed by atoms with E-state index in [4.69, 9.17) is 15.2 Å².